The maximum absolute atomic E-state index is 11.5. The highest BCUT2D eigenvalue weighted by Gasteiger charge is 2.06. The van der Waals surface area contributed by atoms with E-state index in [1.54, 1.807) is 0 Å². The van der Waals surface area contributed by atoms with Gasteiger partial charge in [0, 0.05) is 15.8 Å². The topological polar surface area (TPSA) is 29.1 Å². The van der Waals surface area contributed by atoms with E-state index in [2.05, 4.69) is 37.2 Å². The number of hydrogen-bond acceptors (Lipinski definition) is 1. The van der Waals surface area contributed by atoms with Crippen LogP contribution in [0.2, 0.25) is 0 Å². The summed E-state index contributed by atoms with van der Waals surface area (Å²) in [5, 5.41) is 3.67. The molecule has 0 spiro atoms. The SMILES string of the molecule is CC(CBr)NC(=O)Cc1cccc(Br)c1. The van der Waals surface area contributed by atoms with Crippen molar-refractivity contribution in [2.45, 2.75) is 19.4 Å². The number of halogens is 2. The lowest BCUT2D eigenvalue weighted by molar-refractivity contribution is -0.120. The van der Waals surface area contributed by atoms with Gasteiger partial charge in [-0.3, -0.25) is 4.79 Å². The molecule has 0 saturated heterocycles. The van der Waals surface area contributed by atoms with Gasteiger partial charge < -0.3 is 5.32 Å². The highest BCUT2D eigenvalue weighted by molar-refractivity contribution is 9.10. The van der Waals surface area contributed by atoms with E-state index in [-0.39, 0.29) is 11.9 Å². The van der Waals surface area contributed by atoms with Crippen molar-refractivity contribution in [3.63, 3.8) is 0 Å². The minimum absolute atomic E-state index is 0.0556. The second-order valence-corrected chi connectivity index (χ2v) is 4.99. The quantitative estimate of drug-likeness (QED) is 0.843. The van der Waals surface area contributed by atoms with Gasteiger partial charge in [-0.25, -0.2) is 0 Å². The lowest BCUT2D eigenvalue weighted by Gasteiger charge is -2.10. The number of benzene rings is 1. The first-order valence-corrected chi connectivity index (χ1v) is 6.63. The molecule has 1 amide bonds. The number of nitrogens with one attached hydrogen (secondary N) is 1. The molecule has 0 bridgehead atoms. The predicted octanol–water partition coefficient (Wildman–Crippen LogP) is 2.89. The number of hydrogen-bond donors (Lipinski definition) is 1. The minimum Gasteiger partial charge on any atom is -0.353 e. The van der Waals surface area contributed by atoms with Crippen LogP contribution in [-0.4, -0.2) is 17.3 Å². The van der Waals surface area contributed by atoms with Crippen molar-refractivity contribution in [1.29, 1.82) is 0 Å². The van der Waals surface area contributed by atoms with Gasteiger partial charge in [0.25, 0.3) is 0 Å². The predicted molar refractivity (Wildman–Crippen MR) is 69.2 cm³/mol. The molecule has 0 heterocycles. The van der Waals surface area contributed by atoms with E-state index in [4.69, 9.17) is 0 Å². The zero-order chi connectivity index (χ0) is 11.3. The monoisotopic (exact) mass is 333 g/mol. The average molecular weight is 335 g/mol. The van der Waals surface area contributed by atoms with Gasteiger partial charge in [0.05, 0.1) is 6.42 Å². The lowest BCUT2D eigenvalue weighted by Crippen LogP contribution is -2.34. The fraction of sp³-hybridized carbons (Fsp3) is 0.364. The highest BCUT2D eigenvalue weighted by atomic mass is 79.9. The van der Waals surface area contributed by atoms with Crippen molar-refractivity contribution in [2.75, 3.05) is 5.33 Å². The van der Waals surface area contributed by atoms with Crippen LogP contribution in [0.1, 0.15) is 12.5 Å². The van der Waals surface area contributed by atoms with Gasteiger partial charge in [-0.1, -0.05) is 44.0 Å². The molecular weight excluding hydrogens is 322 g/mol. The van der Waals surface area contributed by atoms with Gasteiger partial charge in [-0.05, 0) is 24.6 Å². The van der Waals surface area contributed by atoms with Crippen LogP contribution in [0.25, 0.3) is 0 Å². The van der Waals surface area contributed by atoms with Gasteiger partial charge >= 0.3 is 0 Å². The third kappa shape index (κ3) is 4.80. The van der Waals surface area contributed by atoms with Crippen molar-refractivity contribution in [3.05, 3.63) is 34.3 Å². The number of alkyl halides is 1. The number of carbonyl (C=O) groups is 1. The fourth-order valence-electron chi connectivity index (χ4n) is 1.20. The van der Waals surface area contributed by atoms with E-state index >= 15 is 0 Å². The first-order chi connectivity index (χ1) is 7.11. The van der Waals surface area contributed by atoms with Crippen molar-refractivity contribution < 1.29 is 4.79 Å². The highest BCUT2D eigenvalue weighted by Crippen LogP contribution is 2.11. The zero-order valence-electron chi connectivity index (χ0n) is 8.47. The second kappa shape index (κ2) is 6.28. The third-order valence-electron chi connectivity index (χ3n) is 1.89. The summed E-state index contributed by atoms with van der Waals surface area (Å²) in [5.41, 5.74) is 1.02. The molecule has 0 saturated carbocycles. The van der Waals surface area contributed by atoms with Gasteiger partial charge in [0.1, 0.15) is 0 Å². The summed E-state index contributed by atoms with van der Waals surface area (Å²) in [4.78, 5) is 11.5. The zero-order valence-corrected chi connectivity index (χ0v) is 11.6. The van der Waals surface area contributed by atoms with Crippen LogP contribution in [0.3, 0.4) is 0 Å². The van der Waals surface area contributed by atoms with Crippen LogP contribution in [-0.2, 0) is 11.2 Å². The molecule has 0 radical (unpaired) electrons. The maximum atomic E-state index is 11.5. The molecule has 1 aromatic carbocycles. The first kappa shape index (κ1) is 12.7. The van der Waals surface area contributed by atoms with Gasteiger partial charge in [-0.15, -0.1) is 0 Å². The number of carbonyl (C=O) groups excluding carboxylic acids is 1. The summed E-state index contributed by atoms with van der Waals surface area (Å²) >= 11 is 6.70. The number of amides is 1. The molecular formula is C11H13Br2NO. The van der Waals surface area contributed by atoms with E-state index < -0.39 is 0 Å². The van der Waals surface area contributed by atoms with E-state index in [1.165, 1.54) is 0 Å². The van der Waals surface area contributed by atoms with Crippen LogP contribution in [0.15, 0.2) is 28.7 Å². The van der Waals surface area contributed by atoms with Gasteiger partial charge in [0.15, 0.2) is 0 Å². The molecule has 0 aliphatic rings. The Morgan fingerprint density at radius 3 is 2.87 bits per heavy atom. The van der Waals surface area contributed by atoms with E-state index in [0.717, 1.165) is 15.4 Å². The summed E-state index contributed by atoms with van der Waals surface area (Å²) in [6.45, 7) is 1.97. The molecule has 1 atom stereocenters. The Hall–Kier alpha value is -0.350. The van der Waals surface area contributed by atoms with Crippen molar-refractivity contribution >= 4 is 37.8 Å². The third-order valence-corrected chi connectivity index (χ3v) is 3.36. The van der Waals surface area contributed by atoms with Crippen molar-refractivity contribution in [1.82, 2.24) is 5.32 Å². The molecule has 0 aliphatic carbocycles. The molecule has 82 valence electrons. The molecule has 1 unspecified atom stereocenters. The molecule has 0 aromatic heterocycles. The molecule has 1 rings (SSSR count). The summed E-state index contributed by atoms with van der Waals surface area (Å²) in [6.07, 6.45) is 0.427. The Morgan fingerprint density at radius 1 is 1.53 bits per heavy atom. The normalized spacial score (nSPS) is 12.2. The second-order valence-electron chi connectivity index (χ2n) is 3.43. The summed E-state index contributed by atoms with van der Waals surface area (Å²) in [6, 6.07) is 7.95. The molecule has 0 fully saturated rings. The van der Waals surface area contributed by atoms with Crippen LogP contribution >= 0.6 is 31.9 Å². The van der Waals surface area contributed by atoms with E-state index in [1.807, 2.05) is 31.2 Å². The van der Waals surface area contributed by atoms with Crippen LogP contribution in [0, 0.1) is 0 Å². The van der Waals surface area contributed by atoms with Crippen molar-refractivity contribution in [2.24, 2.45) is 0 Å². The average Bonchev–Trinajstić information content (AvgIpc) is 2.17. The summed E-state index contributed by atoms with van der Waals surface area (Å²) in [5.74, 6) is 0.0556. The van der Waals surface area contributed by atoms with E-state index in [0.29, 0.717) is 6.42 Å². The summed E-state index contributed by atoms with van der Waals surface area (Å²) < 4.78 is 1.00. The minimum atomic E-state index is 0.0556. The molecule has 2 nitrogen and oxygen atoms in total. The molecule has 4 heteroatoms. The van der Waals surface area contributed by atoms with Gasteiger partial charge in [0.2, 0.25) is 5.91 Å². The maximum Gasteiger partial charge on any atom is 0.224 e. The number of rotatable bonds is 4. The van der Waals surface area contributed by atoms with Crippen LogP contribution in [0.4, 0.5) is 0 Å². The largest absolute Gasteiger partial charge is 0.353 e. The van der Waals surface area contributed by atoms with Gasteiger partial charge in [-0.2, -0.15) is 0 Å². The fourth-order valence-corrected chi connectivity index (χ4v) is 1.81. The Kier molecular flexibility index (Phi) is 5.32. The first-order valence-electron chi connectivity index (χ1n) is 4.71. The molecule has 1 N–H and O–H groups in total. The summed E-state index contributed by atoms with van der Waals surface area (Å²) in [7, 11) is 0. The Labute approximate surface area is 107 Å². The Balaban J connectivity index is 2.51. The Bertz CT molecular complexity index is 341. The van der Waals surface area contributed by atoms with E-state index in [9.17, 15) is 4.79 Å². The molecule has 0 aliphatic heterocycles. The van der Waals surface area contributed by atoms with Crippen LogP contribution < -0.4 is 5.32 Å². The lowest BCUT2D eigenvalue weighted by atomic mass is 10.1. The Morgan fingerprint density at radius 2 is 2.27 bits per heavy atom. The molecule has 15 heavy (non-hydrogen) atoms. The van der Waals surface area contributed by atoms with Crippen LogP contribution in [0.5, 0.6) is 0 Å². The molecule has 1 aromatic rings. The van der Waals surface area contributed by atoms with Crippen molar-refractivity contribution in [3.8, 4) is 0 Å². The smallest absolute Gasteiger partial charge is 0.224 e. The standard InChI is InChI=1S/C11H13Br2NO/c1-8(7-12)14-11(15)6-9-3-2-4-10(13)5-9/h2-5,8H,6-7H2,1H3,(H,14,15).